The summed E-state index contributed by atoms with van der Waals surface area (Å²) in [6.07, 6.45) is 2.35. The number of aliphatic carboxylic acids is 1. The molecule has 1 saturated carbocycles. The van der Waals surface area contributed by atoms with Gasteiger partial charge in [0, 0.05) is 13.1 Å². The molecule has 1 aliphatic carbocycles. The summed E-state index contributed by atoms with van der Waals surface area (Å²) in [7, 11) is 0. The second-order valence-corrected chi connectivity index (χ2v) is 4.10. The summed E-state index contributed by atoms with van der Waals surface area (Å²) < 4.78 is 0. The lowest BCUT2D eigenvalue weighted by Gasteiger charge is -2.24. The molecule has 0 unspecified atom stereocenters. The molecule has 0 saturated heterocycles. The Labute approximate surface area is 89.2 Å². The van der Waals surface area contributed by atoms with Gasteiger partial charge < -0.3 is 15.7 Å². The third-order valence-corrected chi connectivity index (χ3v) is 2.80. The largest absolute Gasteiger partial charge is 0.480 e. The van der Waals surface area contributed by atoms with E-state index in [9.17, 15) is 9.59 Å². The van der Waals surface area contributed by atoms with Crippen LogP contribution in [0.1, 0.15) is 26.2 Å². The van der Waals surface area contributed by atoms with Gasteiger partial charge in [-0.1, -0.05) is 6.92 Å². The highest BCUT2D eigenvalue weighted by Gasteiger charge is 2.50. The minimum absolute atomic E-state index is 0.0887. The average Bonchev–Trinajstić information content (AvgIpc) is 2.96. The molecule has 0 aromatic carbocycles. The lowest BCUT2D eigenvalue weighted by Crippen LogP contribution is -2.43. The monoisotopic (exact) mass is 214 g/mol. The van der Waals surface area contributed by atoms with Gasteiger partial charge in [0.15, 0.2) is 0 Å². The quantitative estimate of drug-likeness (QED) is 0.654. The van der Waals surface area contributed by atoms with Crippen LogP contribution >= 0.6 is 0 Å². The van der Waals surface area contributed by atoms with E-state index in [4.69, 9.17) is 10.8 Å². The molecule has 1 amide bonds. The third kappa shape index (κ3) is 2.68. The molecule has 5 nitrogen and oxygen atoms in total. The van der Waals surface area contributed by atoms with Crippen LogP contribution in [0.3, 0.4) is 0 Å². The molecule has 0 spiro atoms. The smallest absolute Gasteiger partial charge is 0.323 e. The van der Waals surface area contributed by atoms with Crippen LogP contribution in [0.4, 0.5) is 0 Å². The van der Waals surface area contributed by atoms with Crippen LogP contribution in [0, 0.1) is 5.41 Å². The van der Waals surface area contributed by atoms with Gasteiger partial charge in [-0.3, -0.25) is 9.59 Å². The van der Waals surface area contributed by atoms with Crippen molar-refractivity contribution in [3.05, 3.63) is 0 Å². The number of carbonyl (C=O) groups excluding carboxylic acids is 1. The zero-order chi connectivity index (χ0) is 11.5. The number of hydrogen-bond acceptors (Lipinski definition) is 3. The fourth-order valence-electron chi connectivity index (χ4n) is 1.68. The van der Waals surface area contributed by atoms with E-state index in [0.29, 0.717) is 13.1 Å². The molecular formula is C10H18N2O3. The normalized spacial score (nSPS) is 17.2. The van der Waals surface area contributed by atoms with E-state index in [1.54, 1.807) is 0 Å². The standard InChI is InChI=1S/C10H18N2O3/c1-2-5-12(6-8(13)14)9(15)10(7-11)3-4-10/h2-7,11H2,1H3,(H,13,14). The van der Waals surface area contributed by atoms with Crippen LogP contribution in [-0.4, -0.2) is 41.5 Å². The Morgan fingerprint density at radius 3 is 2.40 bits per heavy atom. The molecule has 0 aliphatic heterocycles. The maximum Gasteiger partial charge on any atom is 0.323 e. The summed E-state index contributed by atoms with van der Waals surface area (Å²) in [5.74, 6) is -1.06. The first-order valence-corrected chi connectivity index (χ1v) is 5.27. The Morgan fingerprint density at radius 1 is 1.47 bits per heavy atom. The number of carboxylic acids is 1. The van der Waals surface area contributed by atoms with Crippen LogP contribution in [-0.2, 0) is 9.59 Å². The van der Waals surface area contributed by atoms with Gasteiger partial charge in [0.1, 0.15) is 6.54 Å². The van der Waals surface area contributed by atoms with Gasteiger partial charge in [0.25, 0.3) is 0 Å². The zero-order valence-corrected chi connectivity index (χ0v) is 9.03. The highest BCUT2D eigenvalue weighted by molar-refractivity contribution is 5.88. The van der Waals surface area contributed by atoms with Gasteiger partial charge in [-0.15, -0.1) is 0 Å². The van der Waals surface area contributed by atoms with E-state index in [0.717, 1.165) is 19.3 Å². The first kappa shape index (κ1) is 12.0. The Morgan fingerprint density at radius 2 is 2.07 bits per heavy atom. The fraction of sp³-hybridized carbons (Fsp3) is 0.800. The van der Waals surface area contributed by atoms with E-state index in [-0.39, 0.29) is 12.5 Å². The number of nitrogens with zero attached hydrogens (tertiary/aromatic N) is 1. The molecule has 1 aliphatic rings. The van der Waals surface area contributed by atoms with Crippen LogP contribution < -0.4 is 5.73 Å². The molecule has 5 heteroatoms. The molecule has 0 radical (unpaired) electrons. The second kappa shape index (κ2) is 4.61. The number of rotatable bonds is 6. The van der Waals surface area contributed by atoms with Gasteiger partial charge in [0.2, 0.25) is 5.91 Å². The zero-order valence-electron chi connectivity index (χ0n) is 9.03. The lowest BCUT2D eigenvalue weighted by atomic mass is 10.1. The van der Waals surface area contributed by atoms with E-state index in [1.165, 1.54) is 4.90 Å². The van der Waals surface area contributed by atoms with E-state index in [2.05, 4.69) is 0 Å². The first-order valence-electron chi connectivity index (χ1n) is 5.27. The summed E-state index contributed by atoms with van der Waals surface area (Å²) in [5.41, 5.74) is 5.10. The van der Waals surface area contributed by atoms with Gasteiger partial charge in [-0.2, -0.15) is 0 Å². The highest BCUT2D eigenvalue weighted by Crippen LogP contribution is 2.46. The first-order chi connectivity index (χ1) is 7.05. The van der Waals surface area contributed by atoms with Crippen LogP contribution in [0.25, 0.3) is 0 Å². The number of amides is 1. The lowest BCUT2D eigenvalue weighted by molar-refractivity contribution is -0.146. The van der Waals surface area contributed by atoms with Crippen molar-refractivity contribution in [3.8, 4) is 0 Å². The Hall–Kier alpha value is -1.10. The van der Waals surface area contributed by atoms with Crippen molar-refractivity contribution in [2.45, 2.75) is 26.2 Å². The Bertz CT molecular complexity index is 261. The second-order valence-electron chi connectivity index (χ2n) is 4.10. The molecule has 3 N–H and O–H groups in total. The molecule has 15 heavy (non-hydrogen) atoms. The number of hydrogen-bond donors (Lipinski definition) is 2. The minimum atomic E-state index is -0.968. The van der Waals surface area contributed by atoms with Crippen molar-refractivity contribution in [1.29, 1.82) is 0 Å². The fourth-order valence-corrected chi connectivity index (χ4v) is 1.68. The van der Waals surface area contributed by atoms with Crippen molar-refractivity contribution in [3.63, 3.8) is 0 Å². The SMILES string of the molecule is CCCN(CC(=O)O)C(=O)C1(CN)CC1. The maximum atomic E-state index is 12.0. The third-order valence-electron chi connectivity index (χ3n) is 2.80. The Balaban J connectivity index is 2.62. The summed E-state index contributed by atoms with van der Waals surface area (Å²) in [5, 5.41) is 8.69. The molecule has 0 bridgehead atoms. The molecule has 86 valence electrons. The minimum Gasteiger partial charge on any atom is -0.480 e. The van der Waals surface area contributed by atoms with E-state index < -0.39 is 11.4 Å². The van der Waals surface area contributed by atoms with Gasteiger partial charge in [-0.25, -0.2) is 0 Å². The van der Waals surface area contributed by atoms with Crippen molar-refractivity contribution in [2.75, 3.05) is 19.6 Å². The van der Waals surface area contributed by atoms with Crippen molar-refractivity contribution < 1.29 is 14.7 Å². The van der Waals surface area contributed by atoms with Crippen LogP contribution in [0.2, 0.25) is 0 Å². The molecule has 0 heterocycles. The molecule has 1 rings (SSSR count). The molecular weight excluding hydrogens is 196 g/mol. The van der Waals surface area contributed by atoms with Crippen LogP contribution in [0.5, 0.6) is 0 Å². The molecule has 0 aromatic rings. The van der Waals surface area contributed by atoms with E-state index in [1.807, 2.05) is 6.92 Å². The molecule has 0 atom stereocenters. The predicted octanol–water partition coefficient (Wildman–Crippen LogP) is 0.0485. The summed E-state index contributed by atoms with van der Waals surface area (Å²) in [6, 6.07) is 0. The number of carbonyl (C=O) groups is 2. The highest BCUT2D eigenvalue weighted by atomic mass is 16.4. The van der Waals surface area contributed by atoms with Gasteiger partial charge >= 0.3 is 5.97 Å². The molecule has 0 aromatic heterocycles. The van der Waals surface area contributed by atoms with Crippen molar-refractivity contribution in [1.82, 2.24) is 4.90 Å². The van der Waals surface area contributed by atoms with Gasteiger partial charge in [-0.05, 0) is 19.3 Å². The number of carboxylic acid groups (broad SMARTS) is 1. The Kier molecular flexibility index (Phi) is 3.68. The van der Waals surface area contributed by atoms with Gasteiger partial charge in [0.05, 0.1) is 5.41 Å². The topological polar surface area (TPSA) is 83.6 Å². The van der Waals surface area contributed by atoms with E-state index >= 15 is 0 Å². The summed E-state index contributed by atoms with van der Waals surface area (Å²) in [4.78, 5) is 24.0. The molecule has 1 fully saturated rings. The summed E-state index contributed by atoms with van der Waals surface area (Å²) in [6.45, 7) is 2.52. The number of nitrogens with two attached hydrogens (primary N) is 1. The van der Waals surface area contributed by atoms with Crippen LogP contribution in [0.15, 0.2) is 0 Å². The average molecular weight is 214 g/mol. The maximum absolute atomic E-state index is 12.0. The van der Waals surface area contributed by atoms with Crippen molar-refractivity contribution >= 4 is 11.9 Å². The summed E-state index contributed by atoms with van der Waals surface area (Å²) >= 11 is 0. The predicted molar refractivity (Wildman–Crippen MR) is 55.2 cm³/mol. The van der Waals surface area contributed by atoms with Crippen molar-refractivity contribution in [2.24, 2.45) is 11.1 Å².